The molecule has 1 heterocycles. The van der Waals surface area contributed by atoms with Crippen molar-refractivity contribution < 1.29 is 4.74 Å². The van der Waals surface area contributed by atoms with Crippen molar-refractivity contribution in [1.29, 1.82) is 0 Å². The van der Waals surface area contributed by atoms with Gasteiger partial charge < -0.3 is 10.5 Å². The summed E-state index contributed by atoms with van der Waals surface area (Å²) in [7, 11) is 0. The molecule has 1 saturated carbocycles. The molecule has 0 aromatic heterocycles. The largest absolute Gasteiger partial charge is 0.374 e. The monoisotopic (exact) mass is 231 g/mol. The van der Waals surface area contributed by atoms with Crippen molar-refractivity contribution in [1.82, 2.24) is 0 Å². The molecule has 92 valence electrons. The van der Waals surface area contributed by atoms with Crippen molar-refractivity contribution in [2.45, 2.75) is 50.2 Å². The number of benzene rings is 1. The third kappa shape index (κ3) is 1.90. The average Bonchev–Trinajstić information content (AvgIpc) is 2.98. The quantitative estimate of drug-likeness (QED) is 0.868. The molecule has 2 unspecified atom stereocenters. The molecule has 2 N–H and O–H groups in total. The molecule has 0 radical (unpaired) electrons. The van der Waals surface area contributed by atoms with Gasteiger partial charge in [0.15, 0.2) is 0 Å². The smallest absolute Gasteiger partial charge is 0.0825 e. The Morgan fingerprint density at radius 3 is 2.47 bits per heavy atom. The van der Waals surface area contributed by atoms with Crippen molar-refractivity contribution in [2.75, 3.05) is 6.61 Å². The van der Waals surface area contributed by atoms with Crippen LogP contribution in [-0.2, 0) is 10.2 Å². The first kappa shape index (κ1) is 11.2. The maximum absolute atomic E-state index is 6.10. The summed E-state index contributed by atoms with van der Waals surface area (Å²) >= 11 is 0. The molecule has 2 nitrogen and oxygen atoms in total. The lowest BCUT2D eigenvalue weighted by molar-refractivity contribution is 0.112. The highest BCUT2D eigenvalue weighted by Crippen LogP contribution is 2.50. The Balaban J connectivity index is 1.80. The lowest BCUT2D eigenvalue weighted by atomic mass is 9.88. The Hall–Kier alpha value is -0.860. The molecule has 1 aromatic rings. The van der Waals surface area contributed by atoms with Gasteiger partial charge in [0.25, 0.3) is 0 Å². The van der Waals surface area contributed by atoms with Gasteiger partial charge in [-0.1, -0.05) is 24.3 Å². The molecule has 2 heteroatoms. The van der Waals surface area contributed by atoms with Crippen LogP contribution < -0.4 is 5.73 Å². The second-order valence-electron chi connectivity index (χ2n) is 5.57. The summed E-state index contributed by atoms with van der Waals surface area (Å²) in [4.78, 5) is 0. The van der Waals surface area contributed by atoms with Crippen molar-refractivity contribution in [3.8, 4) is 0 Å². The highest BCUT2D eigenvalue weighted by Gasteiger charge is 2.47. The van der Waals surface area contributed by atoms with Gasteiger partial charge in [-0.25, -0.2) is 0 Å². The molecule has 2 fully saturated rings. The van der Waals surface area contributed by atoms with Gasteiger partial charge in [0.2, 0.25) is 0 Å². The van der Waals surface area contributed by atoms with Crippen LogP contribution >= 0.6 is 0 Å². The van der Waals surface area contributed by atoms with Crippen LogP contribution in [0, 0.1) is 0 Å². The van der Waals surface area contributed by atoms with Gasteiger partial charge in [0.05, 0.1) is 6.10 Å². The fraction of sp³-hybridized carbons (Fsp3) is 0.600. The predicted molar refractivity (Wildman–Crippen MR) is 68.9 cm³/mol. The van der Waals surface area contributed by atoms with Crippen molar-refractivity contribution in [3.63, 3.8) is 0 Å². The summed E-state index contributed by atoms with van der Waals surface area (Å²) < 4.78 is 5.70. The standard InChI is InChI=1S/C15H21NO/c1-11(16)15(8-9-15)13-6-4-12(5-7-13)14-3-2-10-17-14/h4-7,11,14H,2-3,8-10,16H2,1H3. The highest BCUT2D eigenvalue weighted by atomic mass is 16.5. The van der Waals surface area contributed by atoms with Crippen molar-refractivity contribution >= 4 is 0 Å². The molecule has 17 heavy (non-hydrogen) atoms. The Kier molecular flexibility index (Phi) is 2.72. The number of hydrogen-bond acceptors (Lipinski definition) is 2. The summed E-state index contributed by atoms with van der Waals surface area (Å²) in [6.07, 6.45) is 5.16. The maximum atomic E-state index is 6.10. The molecule has 0 amide bonds. The SMILES string of the molecule is CC(N)C1(c2ccc(C3CCCO3)cc2)CC1. The van der Waals surface area contributed by atoms with Gasteiger partial charge in [0, 0.05) is 18.1 Å². The molecule has 0 spiro atoms. The molecule has 2 aliphatic rings. The number of nitrogens with two attached hydrogens (primary N) is 1. The van der Waals surface area contributed by atoms with E-state index in [-0.39, 0.29) is 11.5 Å². The van der Waals surface area contributed by atoms with Crippen LogP contribution in [0.15, 0.2) is 24.3 Å². The van der Waals surface area contributed by atoms with E-state index in [1.165, 1.54) is 30.4 Å². The Labute approximate surface area is 103 Å². The third-order valence-electron chi connectivity index (χ3n) is 4.45. The first-order chi connectivity index (χ1) is 8.22. The number of hydrogen-bond donors (Lipinski definition) is 1. The highest BCUT2D eigenvalue weighted by molar-refractivity contribution is 5.36. The minimum Gasteiger partial charge on any atom is -0.374 e. The normalized spacial score (nSPS) is 28.0. The predicted octanol–water partition coefficient (Wildman–Crippen LogP) is 2.92. The van der Waals surface area contributed by atoms with Crippen LogP contribution in [0.4, 0.5) is 0 Å². The minimum atomic E-state index is 0.260. The second kappa shape index (κ2) is 4.11. The zero-order chi connectivity index (χ0) is 11.9. The van der Waals surface area contributed by atoms with E-state index in [1.54, 1.807) is 0 Å². The van der Waals surface area contributed by atoms with E-state index in [1.807, 2.05) is 0 Å². The van der Waals surface area contributed by atoms with Crippen LogP contribution in [-0.4, -0.2) is 12.6 Å². The fourth-order valence-electron chi connectivity index (χ4n) is 3.01. The van der Waals surface area contributed by atoms with E-state index in [2.05, 4.69) is 31.2 Å². The van der Waals surface area contributed by atoms with Gasteiger partial charge >= 0.3 is 0 Å². The molecular formula is C15H21NO. The molecule has 0 bridgehead atoms. The van der Waals surface area contributed by atoms with Crippen LogP contribution in [0.1, 0.15) is 49.8 Å². The summed E-state index contributed by atoms with van der Waals surface area (Å²) in [6.45, 7) is 3.04. The van der Waals surface area contributed by atoms with Crippen LogP contribution in [0.25, 0.3) is 0 Å². The summed E-state index contributed by atoms with van der Waals surface area (Å²) in [5.74, 6) is 0. The lowest BCUT2D eigenvalue weighted by Crippen LogP contribution is -2.31. The molecule has 3 rings (SSSR count). The van der Waals surface area contributed by atoms with Gasteiger partial charge in [0.1, 0.15) is 0 Å². The van der Waals surface area contributed by atoms with Crippen LogP contribution in [0.2, 0.25) is 0 Å². The van der Waals surface area contributed by atoms with Crippen molar-refractivity contribution in [3.05, 3.63) is 35.4 Å². The van der Waals surface area contributed by atoms with Crippen LogP contribution in [0.5, 0.6) is 0 Å². The minimum absolute atomic E-state index is 0.260. The zero-order valence-corrected chi connectivity index (χ0v) is 10.5. The Morgan fingerprint density at radius 1 is 1.29 bits per heavy atom. The van der Waals surface area contributed by atoms with Crippen molar-refractivity contribution in [2.24, 2.45) is 5.73 Å². The second-order valence-corrected chi connectivity index (χ2v) is 5.57. The van der Waals surface area contributed by atoms with E-state index in [9.17, 15) is 0 Å². The number of rotatable bonds is 3. The molecule has 1 aliphatic carbocycles. The molecule has 1 aliphatic heterocycles. The number of ether oxygens (including phenoxy) is 1. The van der Waals surface area contributed by atoms with E-state index in [0.717, 1.165) is 13.0 Å². The lowest BCUT2D eigenvalue weighted by Gasteiger charge is -2.21. The fourth-order valence-corrected chi connectivity index (χ4v) is 3.01. The molecule has 1 saturated heterocycles. The average molecular weight is 231 g/mol. The van der Waals surface area contributed by atoms with Gasteiger partial charge in [-0.15, -0.1) is 0 Å². The van der Waals surface area contributed by atoms with Gasteiger partial charge in [-0.3, -0.25) is 0 Å². The van der Waals surface area contributed by atoms with E-state index in [0.29, 0.717) is 6.10 Å². The van der Waals surface area contributed by atoms with E-state index < -0.39 is 0 Å². The van der Waals surface area contributed by atoms with Crippen LogP contribution in [0.3, 0.4) is 0 Å². The first-order valence-electron chi connectivity index (χ1n) is 6.70. The zero-order valence-electron chi connectivity index (χ0n) is 10.5. The molecular weight excluding hydrogens is 210 g/mol. The maximum Gasteiger partial charge on any atom is 0.0825 e. The molecule has 1 aromatic carbocycles. The third-order valence-corrected chi connectivity index (χ3v) is 4.45. The van der Waals surface area contributed by atoms with E-state index in [4.69, 9.17) is 10.5 Å². The summed E-state index contributed by atoms with van der Waals surface area (Å²) in [6, 6.07) is 9.23. The van der Waals surface area contributed by atoms with Gasteiger partial charge in [-0.2, -0.15) is 0 Å². The Morgan fingerprint density at radius 2 is 2.00 bits per heavy atom. The first-order valence-corrected chi connectivity index (χ1v) is 6.70. The summed E-state index contributed by atoms with van der Waals surface area (Å²) in [5, 5.41) is 0. The Bertz CT molecular complexity index is 386. The van der Waals surface area contributed by atoms with Gasteiger partial charge in [-0.05, 0) is 43.7 Å². The van der Waals surface area contributed by atoms with E-state index >= 15 is 0 Å². The topological polar surface area (TPSA) is 35.2 Å². The summed E-state index contributed by atoms with van der Waals surface area (Å²) in [5.41, 5.74) is 9.11. The molecule has 2 atom stereocenters.